The van der Waals surface area contributed by atoms with Gasteiger partial charge in [-0.25, -0.2) is 0 Å². The maximum atomic E-state index is 12.8. The summed E-state index contributed by atoms with van der Waals surface area (Å²) in [7, 11) is 1.63. The molecule has 0 aliphatic heterocycles. The van der Waals surface area contributed by atoms with Gasteiger partial charge in [-0.15, -0.1) is 0 Å². The van der Waals surface area contributed by atoms with Crippen molar-refractivity contribution in [1.29, 1.82) is 0 Å². The van der Waals surface area contributed by atoms with E-state index in [0.29, 0.717) is 18.4 Å². The number of nitrogens with one attached hydrogen (secondary N) is 1. The zero-order chi connectivity index (χ0) is 16.5. The number of alkyl halides is 3. The van der Waals surface area contributed by atoms with Gasteiger partial charge in [0.25, 0.3) is 5.91 Å². The Hall–Kier alpha value is -1.79. The first-order valence-electron chi connectivity index (χ1n) is 7.23. The average Bonchev–Trinajstić information content (AvgIpc) is 2.80. The van der Waals surface area contributed by atoms with Gasteiger partial charge in [-0.3, -0.25) is 9.59 Å². The molecule has 1 aromatic heterocycles. The molecule has 2 atom stereocenters. The van der Waals surface area contributed by atoms with Crippen LogP contribution in [-0.2, 0) is 7.05 Å². The maximum Gasteiger partial charge on any atom is 0.391 e. The molecule has 1 N–H and O–H groups in total. The van der Waals surface area contributed by atoms with Gasteiger partial charge in [0.15, 0.2) is 5.78 Å². The number of hydrogen-bond acceptors (Lipinski definition) is 2. The van der Waals surface area contributed by atoms with Crippen LogP contribution in [0.2, 0.25) is 0 Å². The van der Waals surface area contributed by atoms with Crippen molar-refractivity contribution in [2.75, 3.05) is 0 Å². The Morgan fingerprint density at radius 2 is 2.00 bits per heavy atom. The summed E-state index contributed by atoms with van der Waals surface area (Å²) in [4.78, 5) is 23.5. The molecule has 0 aromatic carbocycles. The number of ketones is 1. The summed E-state index contributed by atoms with van der Waals surface area (Å²) in [6, 6.07) is 0.977. The molecule has 1 saturated carbocycles. The lowest BCUT2D eigenvalue weighted by atomic mass is 9.85. The van der Waals surface area contributed by atoms with Crippen molar-refractivity contribution in [3.05, 3.63) is 23.5 Å². The van der Waals surface area contributed by atoms with Gasteiger partial charge in [0.05, 0.1) is 5.92 Å². The number of rotatable bonds is 3. The van der Waals surface area contributed by atoms with Crippen LogP contribution in [0.25, 0.3) is 0 Å². The molecule has 1 aromatic rings. The highest BCUT2D eigenvalue weighted by atomic mass is 19.4. The normalized spacial score (nSPS) is 22.4. The third-order valence-electron chi connectivity index (χ3n) is 4.12. The highest BCUT2D eigenvalue weighted by molar-refractivity contribution is 5.99. The maximum absolute atomic E-state index is 12.8. The topological polar surface area (TPSA) is 51.1 Å². The van der Waals surface area contributed by atoms with Crippen molar-refractivity contribution in [3.8, 4) is 0 Å². The van der Waals surface area contributed by atoms with E-state index in [9.17, 15) is 22.8 Å². The van der Waals surface area contributed by atoms with Crippen LogP contribution in [0.3, 0.4) is 0 Å². The third-order valence-corrected chi connectivity index (χ3v) is 4.12. The molecule has 0 bridgehead atoms. The molecule has 1 fully saturated rings. The van der Waals surface area contributed by atoms with E-state index in [0.717, 1.165) is 0 Å². The van der Waals surface area contributed by atoms with E-state index in [1.807, 2.05) is 0 Å². The van der Waals surface area contributed by atoms with Gasteiger partial charge in [-0.05, 0) is 32.3 Å². The fourth-order valence-corrected chi connectivity index (χ4v) is 2.86. The van der Waals surface area contributed by atoms with Gasteiger partial charge < -0.3 is 9.88 Å². The number of halogens is 3. The van der Waals surface area contributed by atoms with Crippen LogP contribution in [0, 0.1) is 5.92 Å². The SMILES string of the molecule is CC(=O)c1cc(C(=O)NC2CCCC(C(F)(F)F)C2)n(C)c1. The quantitative estimate of drug-likeness (QED) is 0.871. The molecule has 4 nitrogen and oxygen atoms in total. The summed E-state index contributed by atoms with van der Waals surface area (Å²) in [5.41, 5.74) is 0.684. The fraction of sp³-hybridized carbons (Fsp3) is 0.600. The van der Waals surface area contributed by atoms with Crippen LogP contribution in [-0.4, -0.2) is 28.5 Å². The first kappa shape index (κ1) is 16.6. The Labute approximate surface area is 126 Å². The number of carbonyl (C=O) groups excluding carboxylic acids is 2. The Bertz CT molecular complexity index is 578. The molecule has 122 valence electrons. The highest BCUT2D eigenvalue weighted by Crippen LogP contribution is 2.37. The van der Waals surface area contributed by atoms with Gasteiger partial charge in [-0.1, -0.05) is 6.42 Å². The Morgan fingerprint density at radius 3 is 2.55 bits per heavy atom. The second-order valence-corrected chi connectivity index (χ2v) is 5.86. The molecule has 1 aliphatic carbocycles. The third kappa shape index (κ3) is 3.69. The van der Waals surface area contributed by atoms with Crippen molar-refractivity contribution in [1.82, 2.24) is 9.88 Å². The van der Waals surface area contributed by atoms with E-state index in [1.54, 1.807) is 7.05 Å². The molecule has 1 amide bonds. The zero-order valence-corrected chi connectivity index (χ0v) is 12.5. The Morgan fingerprint density at radius 1 is 1.32 bits per heavy atom. The molecule has 22 heavy (non-hydrogen) atoms. The van der Waals surface area contributed by atoms with Crippen molar-refractivity contribution < 1.29 is 22.8 Å². The van der Waals surface area contributed by atoms with E-state index in [1.165, 1.54) is 23.8 Å². The molecule has 7 heteroatoms. The molecular formula is C15H19F3N2O2. The van der Waals surface area contributed by atoms with Crippen molar-refractivity contribution in [2.24, 2.45) is 13.0 Å². The molecule has 2 unspecified atom stereocenters. The van der Waals surface area contributed by atoms with E-state index in [4.69, 9.17) is 0 Å². The summed E-state index contributed by atoms with van der Waals surface area (Å²) < 4.78 is 39.8. The van der Waals surface area contributed by atoms with Gasteiger partial charge in [0, 0.05) is 24.8 Å². The minimum absolute atomic E-state index is 0.0841. The summed E-state index contributed by atoms with van der Waals surface area (Å²) in [5, 5.41) is 2.66. The Balaban J connectivity index is 2.04. The molecule has 0 spiro atoms. The van der Waals surface area contributed by atoms with Crippen LogP contribution in [0.4, 0.5) is 13.2 Å². The molecule has 1 heterocycles. The smallest absolute Gasteiger partial charge is 0.348 e. The molecule has 0 radical (unpaired) electrons. The summed E-state index contributed by atoms with van der Waals surface area (Å²) in [6.07, 6.45) is -1.65. The Kier molecular flexibility index (Phi) is 4.63. The first-order valence-corrected chi connectivity index (χ1v) is 7.23. The van der Waals surface area contributed by atoms with E-state index in [-0.39, 0.29) is 24.3 Å². The highest BCUT2D eigenvalue weighted by Gasteiger charge is 2.42. The number of hydrogen-bond donors (Lipinski definition) is 1. The van der Waals surface area contributed by atoms with E-state index in [2.05, 4.69) is 5.32 Å². The lowest BCUT2D eigenvalue weighted by molar-refractivity contribution is -0.183. The molecule has 1 aliphatic rings. The van der Waals surface area contributed by atoms with E-state index < -0.39 is 24.0 Å². The average molecular weight is 316 g/mol. The lowest BCUT2D eigenvalue weighted by Gasteiger charge is -2.31. The lowest BCUT2D eigenvalue weighted by Crippen LogP contribution is -2.42. The zero-order valence-electron chi connectivity index (χ0n) is 12.5. The van der Waals surface area contributed by atoms with Crippen molar-refractivity contribution in [3.63, 3.8) is 0 Å². The molecular weight excluding hydrogens is 297 g/mol. The van der Waals surface area contributed by atoms with Crippen molar-refractivity contribution >= 4 is 11.7 Å². The van der Waals surface area contributed by atoms with Gasteiger partial charge in [-0.2, -0.15) is 13.2 Å². The summed E-state index contributed by atoms with van der Waals surface area (Å²) in [5.74, 6) is -1.96. The molecule has 0 saturated heterocycles. The van der Waals surface area contributed by atoms with Gasteiger partial charge in [0.2, 0.25) is 0 Å². The van der Waals surface area contributed by atoms with Crippen LogP contribution in [0.15, 0.2) is 12.3 Å². The second kappa shape index (κ2) is 6.14. The number of Topliss-reactive ketones (excluding diaryl/α,β-unsaturated/α-hetero) is 1. The van der Waals surface area contributed by atoms with E-state index >= 15 is 0 Å². The fourth-order valence-electron chi connectivity index (χ4n) is 2.86. The monoisotopic (exact) mass is 316 g/mol. The van der Waals surface area contributed by atoms with Crippen molar-refractivity contribution in [2.45, 2.75) is 44.8 Å². The van der Waals surface area contributed by atoms with Crippen LogP contribution in [0.1, 0.15) is 53.5 Å². The van der Waals surface area contributed by atoms with Crippen LogP contribution in [0.5, 0.6) is 0 Å². The standard InChI is InChI=1S/C15H19F3N2O2/c1-9(21)10-6-13(20(2)8-10)14(22)19-12-5-3-4-11(7-12)15(16,17)18/h6,8,11-12H,3-5,7H2,1-2H3,(H,19,22). The largest absolute Gasteiger partial charge is 0.391 e. The summed E-state index contributed by atoms with van der Waals surface area (Å²) in [6.45, 7) is 1.39. The number of aromatic nitrogens is 1. The number of amides is 1. The van der Waals surface area contributed by atoms with Crippen LogP contribution >= 0.6 is 0 Å². The van der Waals surface area contributed by atoms with Gasteiger partial charge in [0.1, 0.15) is 5.69 Å². The first-order chi connectivity index (χ1) is 10.2. The van der Waals surface area contributed by atoms with Gasteiger partial charge >= 0.3 is 6.18 Å². The predicted octanol–water partition coefficient (Wildman–Crippen LogP) is 3.08. The predicted molar refractivity (Wildman–Crippen MR) is 74.7 cm³/mol. The number of aryl methyl sites for hydroxylation is 1. The summed E-state index contributed by atoms with van der Waals surface area (Å²) >= 11 is 0. The minimum Gasteiger partial charge on any atom is -0.348 e. The number of carbonyl (C=O) groups is 2. The minimum atomic E-state index is -4.21. The van der Waals surface area contributed by atoms with Crippen LogP contribution < -0.4 is 5.32 Å². The number of nitrogens with zero attached hydrogens (tertiary/aromatic N) is 1. The molecule has 2 rings (SSSR count). The second-order valence-electron chi connectivity index (χ2n) is 5.86.